The average molecular weight is 491 g/mol. The van der Waals surface area contributed by atoms with Crippen molar-refractivity contribution >= 4 is 28.8 Å². The van der Waals surface area contributed by atoms with Crippen LogP contribution in [0.15, 0.2) is 36.3 Å². The molecular weight excluding hydrogens is 467 g/mol. The number of hydrogen-bond acceptors (Lipinski definition) is 8. The normalized spacial score (nSPS) is 15.7. The van der Waals surface area contributed by atoms with Gasteiger partial charge < -0.3 is 26.4 Å². The number of primary amides is 1. The Balaban J connectivity index is 1.54. The Labute approximate surface area is 198 Å². The van der Waals surface area contributed by atoms with Gasteiger partial charge in [-0.15, -0.1) is 0 Å². The third-order valence-electron chi connectivity index (χ3n) is 5.51. The van der Waals surface area contributed by atoms with Crippen molar-refractivity contribution in [3.05, 3.63) is 53.4 Å². The minimum absolute atomic E-state index is 0.0483. The van der Waals surface area contributed by atoms with Gasteiger partial charge in [-0.25, -0.2) is 9.97 Å². The molecule has 0 saturated carbocycles. The van der Waals surface area contributed by atoms with Crippen LogP contribution in [-0.2, 0) is 15.7 Å². The predicted molar refractivity (Wildman–Crippen MR) is 121 cm³/mol. The molecule has 4 rings (SSSR count). The molecule has 35 heavy (non-hydrogen) atoms. The number of nitrogens with zero attached hydrogens (tertiary/aromatic N) is 3. The zero-order chi connectivity index (χ0) is 25.0. The number of alkyl halides is 3. The molecule has 3 heterocycles. The molecule has 1 saturated heterocycles. The van der Waals surface area contributed by atoms with Crippen LogP contribution in [0.5, 0.6) is 0 Å². The van der Waals surface area contributed by atoms with Gasteiger partial charge in [0.15, 0.2) is 11.5 Å². The molecule has 2 amide bonds. The molecule has 1 aromatic carbocycles. The standard InChI is InChI=1S/C22H24F3N7O3/c23-22(24,25)17-13(21(34)27-6-3-7-32-8-10-35-11-9-32)12-28-19(31-17)16(18(26)33)20-29-14-4-1-2-5-15(14)30-20/h1-2,4-5,12,29-30H,3,6-11H2,(H2,26,33)(H,27,34). The molecule has 0 aliphatic carbocycles. The van der Waals surface area contributed by atoms with Crippen LogP contribution in [0.1, 0.15) is 28.3 Å². The highest BCUT2D eigenvalue weighted by Crippen LogP contribution is 2.34. The van der Waals surface area contributed by atoms with Gasteiger partial charge in [-0.05, 0) is 25.1 Å². The number of aromatic nitrogens is 2. The second-order valence-electron chi connectivity index (χ2n) is 7.93. The molecule has 10 nitrogen and oxygen atoms in total. The van der Waals surface area contributed by atoms with Crippen molar-refractivity contribution < 1.29 is 27.5 Å². The quantitative estimate of drug-likeness (QED) is 0.339. The monoisotopic (exact) mass is 491 g/mol. The van der Waals surface area contributed by atoms with Gasteiger partial charge in [-0.1, -0.05) is 12.1 Å². The van der Waals surface area contributed by atoms with Crippen LogP contribution in [-0.4, -0.2) is 66.1 Å². The topological polar surface area (TPSA) is 134 Å². The number of rotatable bonds is 7. The fraction of sp³-hybridized carbons (Fsp3) is 0.364. The lowest BCUT2D eigenvalue weighted by atomic mass is 10.1. The Morgan fingerprint density at radius 1 is 1.14 bits per heavy atom. The van der Waals surface area contributed by atoms with E-state index in [1.54, 1.807) is 24.3 Å². The lowest BCUT2D eigenvalue weighted by Crippen LogP contribution is -2.38. The van der Waals surface area contributed by atoms with Crippen LogP contribution in [0.3, 0.4) is 0 Å². The molecule has 2 aliphatic rings. The summed E-state index contributed by atoms with van der Waals surface area (Å²) in [5.41, 5.74) is 4.09. The number of amides is 2. The highest BCUT2D eigenvalue weighted by molar-refractivity contribution is 6.20. The first kappa shape index (κ1) is 24.4. The number of benzene rings is 1. The summed E-state index contributed by atoms with van der Waals surface area (Å²) in [4.78, 5) is 34.2. The highest BCUT2D eigenvalue weighted by Gasteiger charge is 2.39. The van der Waals surface area contributed by atoms with Crippen LogP contribution in [0.2, 0.25) is 0 Å². The molecule has 13 heteroatoms. The minimum atomic E-state index is -4.97. The van der Waals surface area contributed by atoms with Gasteiger partial charge in [0.25, 0.3) is 11.8 Å². The van der Waals surface area contributed by atoms with E-state index in [0.29, 0.717) is 37.6 Å². The van der Waals surface area contributed by atoms with Gasteiger partial charge >= 0.3 is 6.18 Å². The van der Waals surface area contributed by atoms with Crippen molar-refractivity contribution in [1.29, 1.82) is 0 Å². The molecule has 186 valence electrons. The number of anilines is 2. The Morgan fingerprint density at radius 2 is 1.80 bits per heavy atom. The Kier molecular flexibility index (Phi) is 7.17. The Morgan fingerprint density at radius 3 is 2.40 bits per heavy atom. The smallest absolute Gasteiger partial charge is 0.379 e. The molecule has 0 bridgehead atoms. The fourth-order valence-electron chi connectivity index (χ4n) is 3.78. The molecule has 1 aromatic heterocycles. The minimum Gasteiger partial charge on any atom is -0.379 e. The van der Waals surface area contributed by atoms with E-state index in [2.05, 4.69) is 30.8 Å². The van der Waals surface area contributed by atoms with Gasteiger partial charge in [0, 0.05) is 25.8 Å². The summed E-state index contributed by atoms with van der Waals surface area (Å²) >= 11 is 0. The number of ether oxygens (including phenoxy) is 1. The van der Waals surface area contributed by atoms with E-state index < -0.39 is 35.1 Å². The van der Waals surface area contributed by atoms with Crippen molar-refractivity contribution in [2.24, 2.45) is 5.73 Å². The van der Waals surface area contributed by atoms with Crippen molar-refractivity contribution in [3.8, 4) is 0 Å². The van der Waals surface area contributed by atoms with Gasteiger partial charge in [-0.3, -0.25) is 14.5 Å². The summed E-state index contributed by atoms with van der Waals surface area (Å²) in [7, 11) is 0. The van der Waals surface area contributed by atoms with E-state index in [4.69, 9.17) is 10.5 Å². The molecule has 0 unspecified atom stereocenters. The number of para-hydroxylation sites is 2. The molecule has 0 spiro atoms. The molecule has 0 atom stereocenters. The van der Waals surface area contributed by atoms with Gasteiger partial charge in [-0.2, -0.15) is 13.2 Å². The molecule has 2 aromatic rings. The first-order chi connectivity index (χ1) is 16.7. The van der Waals surface area contributed by atoms with Crippen LogP contribution < -0.4 is 21.7 Å². The summed E-state index contributed by atoms with van der Waals surface area (Å²) in [5, 5.41) is 8.26. The number of carbonyl (C=O) groups excluding carboxylic acids is 2. The lowest BCUT2D eigenvalue weighted by Gasteiger charge is -2.26. The zero-order valence-electron chi connectivity index (χ0n) is 18.6. The van der Waals surface area contributed by atoms with Gasteiger partial charge in [0.2, 0.25) is 0 Å². The third kappa shape index (κ3) is 5.69. The second-order valence-corrected chi connectivity index (χ2v) is 7.93. The van der Waals surface area contributed by atoms with E-state index >= 15 is 0 Å². The van der Waals surface area contributed by atoms with Crippen LogP contribution in [0, 0.1) is 0 Å². The SMILES string of the molecule is NC(=O)C(=C1Nc2ccccc2N1)c1ncc(C(=O)NCCCN2CCOCC2)c(C(F)(F)F)n1. The maximum absolute atomic E-state index is 13.8. The van der Waals surface area contributed by atoms with E-state index in [-0.39, 0.29) is 17.9 Å². The fourth-order valence-corrected chi connectivity index (χ4v) is 3.78. The van der Waals surface area contributed by atoms with E-state index in [9.17, 15) is 22.8 Å². The number of fused-ring (bicyclic) bond motifs is 1. The number of nitrogens with two attached hydrogens (primary N) is 1. The number of morpholine rings is 1. The summed E-state index contributed by atoms with van der Waals surface area (Å²) in [6.07, 6.45) is -3.65. The summed E-state index contributed by atoms with van der Waals surface area (Å²) in [5.74, 6) is -2.51. The van der Waals surface area contributed by atoms with Crippen LogP contribution in [0.25, 0.3) is 5.57 Å². The van der Waals surface area contributed by atoms with Crippen molar-refractivity contribution in [1.82, 2.24) is 20.2 Å². The number of halogens is 3. The molecule has 1 fully saturated rings. The molecule has 0 radical (unpaired) electrons. The lowest BCUT2D eigenvalue weighted by molar-refractivity contribution is -0.141. The highest BCUT2D eigenvalue weighted by atomic mass is 19.4. The average Bonchev–Trinajstić information content (AvgIpc) is 3.25. The zero-order valence-corrected chi connectivity index (χ0v) is 18.6. The first-order valence-corrected chi connectivity index (χ1v) is 10.9. The van der Waals surface area contributed by atoms with E-state index in [1.807, 2.05) is 0 Å². The van der Waals surface area contributed by atoms with Gasteiger partial charge in [0.05, 0.1) is 30.2 Å². The maximum atomic E-state index is 13.8. The summed E-state index contributed by atoms with van der Waals surface area (Å²) in [6.45, 7) is 3.67. The maximum Gasteiger partial charge on any atom is 0.434 e. The third-order valence-corrected chi connectivity index (χ3v) is 5.51. The Bertz CT molecular complexity index is 1120. The number of hydrogen-bond donors (Lipinski definition) is 4. The largest absolute Gasteiger partial charge is 0.434 e. The van der Waals surface area contributed by atoms with Crippen molar-refractivity contribution in [2.75, 3.05) is 50.0 Å². The number of carbonyl (C=O) groups is 2. The molecule has 5 N–H and O–H groups in total. The van der Waals surface area contributed by atoms with E-state index in [0.717, 1.165) is 19.3 Å². The van der Waals surface area contributed by atoms with Crippen LogP contribution in [0.4, 0.5) is 24.5 Å². The number of nitrogens with one attached hydrogen (secondary N) is 3. The molecule has 2 aliphatic heterocycles. The van der Waals surface area contributed by atoms with Crippen molar-refractivity contribution in [3.63, 3.8) is 0 Å². The van der Waals surface area contributed by atoms with Crippen LogP contribution >= 0.6 is 0 Å². The van der Waals surface area contributed by atoms with Crippen molar-refractivity contribution in [2.45, 2.75) is 12.6 Å². The van der Waals surface area contributed by atoms with E-state index in [1.165, 1.54) is 0 Å². The summed E-state index contributed by atoms with van der Waals surface area (Å²) in [6, 6.07) is 6.91. The van der Waals surface area contributed by atoms with Gasteiger partial charge in [0.1, 0.15) is 11.4 Å². The second kappa shape index (κ2) is 10.3. The predicted octanol–water partition coefficient (Wildman–Crippen LogP) is 1.64. The first-order valence-electron chi connectivity index (χ1n) is 10.9. The Hall–Kier alpha value is -3.71. The molecular formula is C22H24F3N7O3. The summed E-state index contributed by atoms with van der Waals surface area (Å²) < 4.78 is 46.7.